The number of thioether (sulfide) groups is 1. The summed E-state index contributed by atoms with van der Waals surface area (Å²) < 4.78 is 0. The molecule has 0 radical (unpaired) electrons. The third kappa shape index (κ3) is 3.54. The molecule has 0 saturated heterocycles. The van der Waals surface area contributed by atoms with Crippen molar-refractivity contribution in [1.29, 1.82) is 0 Å². The molecule has 1 aliphatic carbocycles. The summed E-state index contributed by atoms with van der Waals surface area (Å²) in [7, 11) is 0. The number of nitrogens with one attached hydrogen (secondary N) is 1. The fourth-order valence-corrected chi connectivity index (χ4v) is 4.16. The van der Waals surface area contributed by atoms with E-state index in [9.17, 15) is 4.79 Å². The van der Waals surface area contributed by atoms with Crippen LogP contribution in [-0.4, -0.2) is 9.97 Å². The van der Waals surface area contributed by atoms with E-state index in [1.165, 1.54) is 28.5 Å². The van der Waals surface area contributed by atoms with Gasteiger partial charge in [-0.25, -0.2) is 9.83 Å². The van der Waals surface area contributed by atoms with E-state index >= 15 is 0 Å². The summed E-state index contributed by atoms with van der Waals surface area (Å²) in [5, 5.41) is 0.621. The Morgan fingerprint density at radius 2 is 2.08 bits per heavy atom. The van der Waals surface area contributed by atoms with Gasteiger partial charge in [-0.3, -0.25) is 4.79 Å². The zero-order valence-corrected chi connectivity index (χ0v) is 14.9. The van der Waals surface area contributed by atoms with Crippen molar-refractivity contribution in [3.05, 3.63) is 62.4 Å². The monoisotopic (exact) mass is 339 g/mol. The van der Waals surface area contributed by atoms with E-state index in [0.717, 1.165) is 31.4 Å². The molecule has 1 N–H and O–H groups in total. The number of hydrogen-bond acceptors (Lipinski definition) is 3. The first-order valence-electron chi connectivity index (χ1n) is 8.29. The summed E-state index contributed by atoms with van der Waals surface area (Å²) in [5.74, 6) is 1.02. The lowest BCUT2D eigenvalue weighted by Gasteiger charge is -2.12. The summed E-state index contributed by atoms with van der Waals surface area (Å²) in [6, 6.07) is 6.39. The van der Waals surface area contributed by atoms with Crippen molar-refractivity contribution < 1.29 is 0 Å². The predicted octanol–water partition coefficient (Wildman–Crippen LogP) is 4.89. The van der Waals surface area contributed by atoms with Crippen LogP contribution in [0, 0.1) is 20.4 Å². The van der Waals surface area contributed by atoms with Gasteiger partial charge in [0.1, 0.15) is 0 Å². The van der Waals surface area contributed by atoms with Gasteiger partial charge in [-0.2, -0.15) is 0 Å². The van der Waals surface area contributed by atoms with Crippen molar-refractivity contribution in [2.24, 2.45) is 0 Å². The van der Waals surface area contributed by atoms with Gasteiger partial charge in [0.2, 0.25) is 0 Å². The van der Waals surface area contributed by atoms with E-state index in [0.29, 0.717) is 10.9 Å². The fourth-order valence-electron chi connectivity index (χ4n) is 3.23. The molecule has 124 valence electrons. The first-order valence-corrected chi connectivity index (χ1v) is 9.27. The molecule has 0 atom stereocenters. The highest BCUT2D eigenvalue weighted by Gasteiger charge is 2.24. The Morgan fingerprint density at radius 1 is 1.33 bits per heavy atom. The van der Waals surface area contributed by atoms with Gasteiger partial charge in [0, 0.05) is 5.75 Å². The molecule has 4 nitrogen and oxygen atoms in total. The number of nitrogens with zero attached hydrogens (tertiary/aromatic N) is 2. The number of benzene rings is 1. The average Bonchev–Trinajstić information content (AvgIpc) is 3.09. The van der Waals surface area contributed by atoms with E-state index in [2.05, 4.69) is 46.9 Å². The Labute approximate surface area is 146 Å². The lowest BCUT2D eigenvalue weighted by Crippen LogP contribution is -2.13. The number of rotatable bonds is 4. The molecule has 0 amide bonds. The minimum Gasteiger partial charge on any atom is -0.311 e. The lowest BCUT2D eigenvalue weighted by atomic mass is 10.0. The van der Waals surface area contributed by atoms with Crippen LogP contribution in [0.3, 0.4) is 0 Å². The summed E-state index contributed by atoms with van der Waals surface area (Å²) in [5.41, 5.74) is 4.30. The number of aromatic amines is 1. The fraction of sp³-hybridized carbons (Fsp3) is 0.421. The molecule has 1 aromatic carbocycles. The molecule has 24 heavy (non-hydrogen) atoms. The van der Waals surface area contributed by atoms with E-state index in [1.54, 1.807) is 0 Å². The number of hydrogen-bond donors (Lipinski definition) is 1. The van der Waals surface area contributed by atoms with Crippen LogP contribution in [0.4, 0.5) is 5.69 Å². The number of H-pyrrole nitrogens is 1. The van der Waals surface area contributed by atoms with Crippen molar-refractivity contribution in [2.45, 2.75) is 56.4 Å². The average molecular weight is 339 g/mol. The molecular formula is C19H21N3OS. The second-order valence-electron chi connectivity index (χ2n) is 6.42. The maximum absolute atomic E-state index is 12.3. The van der Waals surface area contributed by atoms with Crippen LogP contribution in [0.15, 0.2) is 28.2 Å². The first kappa shape index (κ1) is 16.8. The molecule has 0 aliphatic heterocycles. The molecule has 0 unspecified atom stereocenters. The molecule has 1 heterocycles. The Balaban J connectivity index is 1.87. The lowest BCUT2D eigenvalue weighted by molar-refractivity contribution is 0.680. The predicted molar refractivity (Wildman–Crippen MR) is 97.8 cm³/mol. The summed E-state index contributed by atoms with van der Waals surface area (Å²) in [4.78, 5) is 23.1. The van der Waals surface area contributed by atoms with Crippen LogP contribution in [0.1, 0.15) is 54.0 Å². The molecular weight excluding hydrogens is 318 g/mol. The zero-order chi connectivity index (χ0) is 17.1. The van der Waals surface area contributed by atoms with Crippen LogP contribution in [0.25, 0.3) is 4.85 Å². The highest BCUT2D eigenvalue weighted by molar-refractivity contribution is 7.98. The molecule has 1 saturated carbocycles. The third-order valence-corrected chi connectivity index (χ3v) is 5.54. The zero-order valence-electron chi connectivity index (χ0n) is 14.1. The van der Waals surface area contributed by atoms with Crippen molar-refractivity contribution in [2.75, 3.05) is 0 Å². The minimum atomic E-state index is -0.301. The smallest absolute Gasteiger partial charge is 0.271 e. The second-order valence-corrected chi connectivity index (χ2v) is 7.38. The van der Waals surface area contributed by atoms with E-state index in [1.807, 2.05) is 0 Å². The Morgan fingerprint density at radius 3 is 2.79 bits per heavy atom. The molecule has 5 heteroatoms. The molecule has 2 aromatic rings. The van der Waals surface area contributed by atoms with Crippen molar-refractivity contribution in [3.8, 4) is 0 Å². The van der Waals surface area contributed by atoms with Gasteiger partial charge in [0.15, 0.2) is 5.16 Å². The van der Waals surface area contributed by atoms with E-state index in [4.69, 9.17) is 6.57 Å². The maximum Gasteiger partial charge on any atom is 0.271 e. The third-order valence-electron chi connectivity index (χ3n) is 4.62. The number of aromatic nitrogens is 2. The quantitative estimate of drug-likeness (QED) is 0.490. The highest BCUT2D eigenvalue weighted by atomic mass is 32.2. The van der Waals surface area contributed by atoms with Crippen molar-refractivity contribution in [3.63, 3.8) is 0 Å². The normalized spacial score (nSPS) is 14.7. The maximum atomic E-state index is 12.3. The van der Waals surface area contributed by atoms with Gasteiger partial charge < -0.3 is 4.98 Å². The summed E-state index contributed by atoms with van der Waals surface area (Å²) >= 11 is 1.53. The highest BCUT2D eigenvalue weighted by Crippen LogP contribution is 2.37. The SMILES string of the molecule is [C-]#[N+]c1c(C2CCCC2)nc(SCc2cc(C)ccc2C)[nH]c1=O. The topological polar surface area (TPSA) is 50.1 Å². The van der Waals surface area contributed by atoms with Gasteiger partial charge in [-0.15, -0.1) is 0 Å². The molecule has 1 aliphatic rings. The van der Waals surface area contributed by atoms with Gasteiger partial charge >= 0.3 is 0 Å². The summed E-state index contributed by atoms with van der Waals surface area (Å²) in [6.45, 7) is 11.5. The van der Waals surface area contributed by atoms with Crippen LogP contribution in [0.5, 0.6) is 0 Å². The molecule has 0 spiro atoms. The van der Waals surface area contributed by atoms with Crippen molar-refractivity contribution in [1.82, 2.24) is 9.97 Å². The molecule has 1 fully saturated rings. The second kappa shape index (κ2) is 7.23. The molecule has 0 bridgehead atoms. The molecule has 3 rings (SSSR count). The van der Waals surface area contributed by atoms with Gasteiger partial charge in [0.05, 0.1) is 12.3 Å². The van der Waals surface area contributed by atoms with Crippen molar-refractivity contribution >= 4 is 17.4 Å². The number of aryl methyl sites for hydroxylation is 2. The van der Waals surface area contributed by atoms with Gasteiger partial charge in [-0.05, 0) is 43.7 Å². The first-order chi connectivity index (χ1) is 11.6. The van der Waals surface area contributed by atoms with Crippen LogP contribution in [0.2, 0.25) is 0 Å². The molecule has 1 aromatic heterocycles. The Hall–Kier alpha value is -2.06. The Kier molecular flexibility index (Phi) is 5.06. The van der Waals surface area contributed by atoms with Crippen LogP contribution < -0.4 is 5.56 Å². The van der Waals surface area contributed by atoms with Crippen LogP contribution >= 0.6 is 11.8 Å². The Bertz CT molecular complexity index is 845. The minimum absolute atomic E-state index is 0.179. The van der Waals surface area contributed by atoms with Gasteiger partial charge in [-0.1, -0.05) is 48.4 Å². The van der Waals surface area contributed by atoms with Gasteiger partial charge in [0.25, 0.3) is 11.2 Å². The largest absolute Gasteiger partial charge is 0.311 e. The van der Waals surface area contributed by atoms with E-state index < -0.39 is 0 Å². The summed E-state index contributed by atoms with van der Waals surface area (Å²) in [6.07, 6.45) is 4.36. The van der Waals surface area contributed by atoms with E-state index in [-0.39, 0.29) is 17.2 Å². The van der Waals surface area contributed by atoms with Crippen LogP contribution in [-0.2, 0) is 5.75 Å². The standard InChI is InChI=1S/C19H21N3OS/c1-12-8-9-13(2)15(10-12)11-24-19-21-16(14-6-4-5-7-14)17(20-3)18(23)22-19/h8-10,14H,4-7,11H2,1-2H3,(H,21,22,23).